The zero-order chi connectivity index (χ0) is 9.14. The van der Waals surface area contributed by atoms with Gasteiger partial charge >= 0.3 is 5.54 Å². The number of halogens is 3. The lowest BCUT2D eigenvalue weighted by atomic mass is 9.65. The lowest BCUT2D eigenvalue weighted by Crippen LogP contribution is -2.41. The zero-order valence-electron chi connectivity index (χ0n) is 6.60. The largest absolute Gasteiger partial charge is 0.382 e. The van der Waals surface area contributed by atoms with Crippen molar-refractivity contribution in [1.29, 1.82) is 0 Å². The molecule has 0 spiro atoms. The average molecular weight is 219 g/mol. The van der Waals surface area contributed by atoms with E-state index in [0.717, 1.165) is 10.9 Å². The summed E-state index contributed by atoms with van der Waals surface area (Å²) in [5.74, 6) is 0. The summed E-state index contributed by atoms with van der Waals surface area (Å²) in [6, 6.07) is 7.65. The molecule has 0 aromatic heterocycles. The van der Waals surface area contributed by atoms with Gasteiger partial charge in [-0.25, -0.2) is 0 Å². The van der Waals surface area contributed by atoms with Crippen molar-refractivity contribution in [2.75, 3.05) is 0 Å². The lowest BCUT2D eigenvalue weighted by molar-refractivity contribution is 1.81. The highest BCUT2D eigenvalue weighted by molar-refractivity contribution is 7.40. The maximum atomic E-state index is 5.94. The molecule has 0 bridgehead atoms. The molecular weight excluding hydrogens is 212 g/mol. The maximum absolute atomic E-state index is 5.94. The SMILES string of the molecule is CB(Cl)c1ccccc1B(Cl)Cl. The Morgan fingerprint density at radius 2 is 1.50 bits per heavy atom. The second kappa shape index (κ2) is 4.45. The van der Waals surface area contributed by atoms with Gasteiger partial charge in [-0.15, -0.1) is 0 Å². The molecule has 1 aromatic rings. The molecule has 0 unspecified atom stereocenters. The van der Waals surface area contributed by atoms with E-state index in [9.17, 15) is 0 Å². The first kappa shape index (κ1) is 10.3. The third-order valence-corrected chi connectivity index (χ3v) is 2.36. The van der Waals surface area contributed by atoms with E-state index in [2.05, 4.69) is 0 Å². The van der Waals surface area contributed by atoms with Gasteiger partial charge in [0.05, 0.1) is 0 Å². The van der Waals surface area contributed by atoms with Crippen LogP contribution in [0.25, 0.3) is 0 Å². The molecule has 0 heterocycles. The monoisotopic (exact) mass is 218 g/mol. The number of benzene rings is 1. The van der Waals surface area contributed by atoms with Crippen molar-refractivity contribution in [2.24, 2.45) is 0 Å². The molecule has 62 valence electrons. The summed E-state index contributed by atoms with van der Waals surface area (Å²) in [5.41, 5.74) is 1.39. The van der Waals surface area contributed by atoms with Gasteiger partial charge in [0.1, 0.15) is 0 Å². The first-order valence-corrected chi connectivity index (χ1v) is 4.95. The third kappa shape index (κ3) is 2.35. The molecule has 0 saturated carbocycles. The standard InChI is InChI=1S/C7H7B2Cl3/c1-8(10)6-4-2-3-5-7(6)9(11)12/h2-5H,1H3. The first-order valence-electron chi connectivity index (χ1n) is 3.64. The Morgan fingerprint density at radius 1 is 1.00 bits per heavy atom. The zero-order valence-corrected chi connectivity index (χ0v) is 8.87. The summed E-state index contributed by atoms with van der Waals surface area (Å²) in [6.45, 7) is 1.90. The highest BCUT2D eigenvalue weighted by atomic mass is 35.5. The topological polar surface area (TPSA) is 0 Å². The van der Waals surface area contributed by atoms with Crippen molar-refractivity contribution >= 4 is 57.0 Å². The predicted octanol–water partition coefficient (Wildman–Crippen LogP) is 1.93. The van der Waals surface area contributed by atoms with E-state index in [1.54, 1.807) is 0 Å². The molecule has 1 rings (SSSR count). The fraction of sp³-hybridized carbons (Fsp3) is 0.143. The van der Waals surface area contributed by atoms with E-state index in [1.807, 2.05) is 31.1 Å². The molecule has 1 aromatic carbocycles. The molecule has 0 amide bonds. The van der Waals surface area contributed by atoms with E-state index in [-0.39, 0.29) is 6.13 Å². The quantitative estimate of drug-likeness (QED) is 0.666. The van der Waals surface area contributed by atoms with Crippen molar-refractivity contribution in [3.8, 4) is 0 Å². The predicted molar refractivity (Wildman–Crippen MR) is 60.6 cm³/mol. The van der Waals surface area contributed by atoms with Crippen LogP contribution in [-0.2, 0) is 0 Å². The van der Waals surface area contributed by atoms with E-state index < -0.39 is 5.54 Å². The molecule has 0 aliphatic heterocycles. The fourth-order valence-electron chi connectivity index (χ4n) is 1.07. The Labute approximate surface area is 88.1 Å². The number of rotatable bonds is 2. The Balaban J connectivity index is 3.09. The molecular formula is C7H7B2Cl3. The van der Waals surface area contributed by atoms with Crippen molar-refractivity contribution < 1.29 is 0 Å². The van der Waals surface area contributed by atoms with Crippen LogP contribution in [0.3, 0.4) is 0 Å². The van der Waals surface area contributed by atoms with E-state index in [1.165, 1.54) is 0 Å². The molecule has 0 radical (unpaired) electrons. The van der Waals surface area contributed by atoms with Crippen molar-refractivity contribution in [3.63, 3.8) is 0 Å². The highest BCUT2D eigenvalue weighted by Crippen LogP contribution is 1.98. The Kier molecular flexibility index (Phi) is 3.82. The van der Waals surface area contributed by atoms with Crippen molar-refractivity contribution in [3.05, 3.63) is 24.3 Å². The second-order valence-corrected chi connectivity index (χ2v) is 4.30. The van der Waals surface area contributed by atoms with E-state index in [4.69, 9.17) is 34.4 Å². The summed E-state index contributed by atoms with van der Waals surface area (Å²) in [5, 5.41) is 0. The van der Waals surface area contributed by atoms with Crippen molar-refractivity contribution in [2.45, 2.75) is 6.82 Å². The van der Waals surface area contributed by atoms with Crippen LogP contribution in [-0.4, -0.2) is 11.7 Å². The summed E-state index contributed by atoms with van der Waals surface area (Å²) in [4.78, 5) is 0. The Hall–Kier alpha value is 0.220. The van der Waals surface area contributed by atoms with Crippen LogP contribution in [0.2, 0.25) is 6.82 Å². The fourth-order valence-corrected chi connectivity index (χ4v) is 1.67. The van der Waals surface area contributed by atoms with Crippen LogP contribution < -0.4 is 10.9 Å². The third-order valence-electron chi connectivity index (χ3n) is 1.66. The molecule has 0 N–H and O–H groups in total. The summed E-state index contributed by atoms with van der Waals surface area (Å²) >= 11 is 17.5. The van der Waals surface area contributed by atoms with Gasteiger partial charge in [-0.3, -0.25) is 0 Å². The molecule has 0 atom stereocenters. The van der Waals surface area contributed by atoms with Crippen molar-refractivity contribution in [1.82, 2.24) is 0 Å². The van der Waals surface area contributed by atoms with Gasteiger partial charge in [-0.1, -0.05) is 36.6 Å². The van der Waals surface area contributed by atoms with Gasteiger partial charge in [-0.2, -0.15) is 34.4 Å². The van der Waals surface area contributed by atoms with Crippen LogP contribution >= 0.6 is 34.4 Å². The molecule has 0 fully saturated rings. The van der Waals surface area contributed by atoms with Gasteiger partial charge in [0, 0.05) is 0 Å². The van der Waals surface area contributed by atoms with Gasteiger partial charge < -0.3 is 0 Å². The Morgan fingerprint density at radius 3 is 1.83 bits per heavy atom. The molecule has 5 heteroatoms. The van der Waals surface area contributed by atoms with Crippen LogP contribution in [0.1, 0.15) is 0 Å². The molecule has 12 heavy (non-hydrogen) atoms. The van der Waals surface area contributed by atoms with Crippen LogP contribution in [0.4, 0.5) is 0 Å². The molecule has 0 saturated heterocycles. The van der Waals surface area contributed by atoms with Crippen LogP contribution in [0.5, 0.6) is 0 Å². The lowest BCUT2D eigenvalue weighted by Gasteiger charge is -2.07. The minimum Gasteiger partial charge on any atom is -0.189 e. The molecule has 0 aliphatic carbocycles. The Bertz CT molecular complexity index is 236. The van der Waals surface area contributed by atoms with Gasteiger partial charge in [0.2, 0.25) is 0 Å². The molecule has 0 nitrogen and oxygen atoms in total. The number of hydrogen-bond donors (Lipinski definition) is 0. The average Bonchev–Trinajstić information content (AvgIpc) is 2.04. The minimum absolute atomic E-state index is 0.0544. The first-order chi connectivity index (χ1) is 5.63. The van der Waals surface area contributed by atoms with Gasteiger partial charge in [-0.05, 0) is 5.46 Å². The van der Waals surface area contributed by atoms with Gasteiger partial charge in [0.15, 0.2) is 0 Å². The van der Waals surface area contributed by atoms with Crippen LogP contribution in [0.15, 0.2) is 24.3 Å². The van der Waals surface area contributed by atoms with Gasteiger partial charge in [0.25, 0.3) is 6.13 Å². The molecule has 0 aliphatic rings. The second-order valence-electron chi connectivity index (χ2n) is 2.55. The van der Waals surface area contributed by atoms with E-state index >= 15 is 0 Å². The minimum atomic E-state index is -0.498. The van der Waals surface area contributed by atoms with Crippen LogP contribution in [0, 0.1) is 0 Å². The summed E-state index contributed by atoms with van der Waals surface area (Å²) in [7, 11) is 0. The highest BCUT2D eigenvalue weighted by Gasteiger charge is 2.17. The normalized spacial score (nSPS) is 9.67. The summed E-state index contributed by atoms with van der Waals surface area (Å²) < 4.78 is 0. The maximum Gasteiger partial charge on any atom is 0.382 e. The smallest absolute Gasteiger partial charge is 0.189 e. The number of hydrogen-bond acceptors (Lipinski definition) is 0. The summed E-state index contributed by atoms with van der Waals surface area (Å²) in [6.07, 6.45) is -0.0544. The van der Waals surface area contributed by atoms with E-state index in [0.29, 0.717) is 0 Å².